The maximum Gasteiger partial charge on any atom is 0.326 e. The van der Waals surface area contributed by atoms with Crippen molar-refractivity contribution in [2.75, 3.05) is 62.2 Å². The van der Waals surface area contributed by atoms with E-state index >= 15 is 0 Å². The van der Waals surface area contributed by atoms with E-state index in [-0.39, 0.29) is 28.3 Å². The fraction of sp³-hybridized carbons (Fsp3) is 0.188. The van der Waals surface area contributed by atoms with Crippen LogP contribution in [0.3, 0.4) is 0 Å². The number of hydrogen-bond acceptors (Lipinski definition) is 6. The molecule has 0 aromatic heterocycles. The first kappa shape index (κ1) is 30.9. The summed E-state index contributed by atoms with van der Waals surface area (Å²) in [7, 11) is 6.10. The molecule has 4 aromatic carbocycles. The quantitative estimate of drug-likeness (QED) is 0.258. The molecule has 4 aromatic rings. The predicted octanol–water partition coefficient (Wildman–Crippen LogP) is 5.60. The van der Waals surface area contributed by atoms with Crippen LogP contribution in [0.1, 0.15) is 10.4 Å². The number of amides is 3. The molecular formula is C32H35N5O5S. The van der Waals surface area contributed by atoms with Gasteiger partial charge in [-0.15, -0.1) is 0 Å². The summed E-state index contributed by atoms with van der Waals surface area (Å²) in [5.74, 6) is -0.00654. The van der Waals surface area contributed by atoms with Crippen LogP contribution in [0.2, 0.25) is 0 Å². The Morgan fingerprint density at radius 1 is 0.721 bits per heavy atom. The van der Waals surface area contributed by atoms with Gasteiger partial charge in [-0.05, 0) is 71.8 Å². The van der Waals surface area contributed by atoms with E-state index in [1.54, 1.807) is 75.7 Å². The SMILES string of the molecule is COc1ccc(-c2cccc(C(=O)N(C)C)c2)cc1S(=O)(=O)Nc1cccc(NC(=O)N(C)c2cccc(N(C)C)c2)c1. The van der Waals surface area contributed by atoms with Crippen molar-refractivity contribution in [2.45, 2.75) is 4.90 Å². The van der Waals surface area contributed by atoms with Crippen molar-refractivity contribution < 1.29 is 22.7 Å². The van der Waals surface area contributed by atoms with Crippen LogP contribution in [-0.2, 0) is 10.0 Å². The number of benzene rings is 4. The second-order valence-electron chi connectivity index (χ2n) is 10.2. The first-order valence-electron chi connectivity index (χ1n) is 13.3. The first-order valence-corrected chi connectivity index (χ1v) is 14.8. The number of carbonyl (C=O) groups is 2. The Kier molecular flexibility index (Phi) is 9.25. The molecule has 2 N–H and O–H groups in total. The summed E-state index contributed by atoms with van der Waals surface area (Å²) >= 11 is 0. The van der Waals surface area contributed by atoms with E-state index in [0.29, 0.717) is 28.1 Å². The Labute approximate surface area is 252 Å². The summed E-state index contributed by atoms with van der Waals surface area (Å²) in [6.07, 6.45) is 0. The lowest BCUT2D eigenvalue weighted by molar-refractivity contribution is 0.0827. The van der Waals surface area contributed by atoms with Gasteiger partial charge in [-0.3, -0.25) is 14.4 Å². The van der Waals surface area contributed by atoms with Crippen LogP contribution in [0, 0.1) is 0 Å². The Bertz CT molecular complexity index is 1750. The predicted molar refractivity (Wildman–Crippen MR) is 172 cm³/mol. The topological polar surface area (TPSA) is 111 Å². The van der Waals surface area contributed by atoms with E-state index in [9.17, 15) is 18.0 Å². The monoisotopic (exact) mass is 601 g/mol. The van der Waals surface area contributed by atoms with Crippen LogP contribution in [0.5, 0.6) is 5.75 Å². The van der Waals surface area contributed by atoms with E-state index in [0.717, 1.165) is 5.69 Å². The minimum absolute atomic E-state index is 0.0771. The summed E-state index contributed by atoms with van der Waals surface area (Å²) in [5.41, 5.74) is 4.06. The molecule has 224 valence electrons. The van der Waals surface area contributed by atoms with E-state index in [1.807, 2.05) is 43.3 Å². The zero-order valence-corrected chi connectivity index (χ0v) is 25.8. The van der Waals surface area contributed by atoms with E-state index in [4.69, 9.17) is 4.74 Å². The molecule has 10 nitrogen and oxygen atoms in total. The van der Waals surface area contributed by atoms with Crippen LogP contribution in [0.15, 0.2) is 95.9 Å². The largest absolute Gasteiger partial charge is 0.495 e. The third kappa shape index (κ3) is 7.25. The summed E-state index contributed by atoms with van der Waals surface area (Å²) in [6, 6.07) is 25.4. The number of urea groups is 1. The van der Waals surface area contributed by atoms with E-state index in [2.05, 4.69) is 10.0 Å². The number of carbonyl (C=O) groups excluding carboxylic acids is 2. The van der Waals surface area contributed by atoms with Gasteiger partial charge in [0.1, 0.15) is 10.6 Å². The van der Waals surface area contributed by atoms with Crippen molar-refractivity contribution in [1.29, 1.82) is 0 Å². The fourth-order valence-electron chi connectivity index (χ4n) is 4.33. The number of nitrogens with one attached hydrogen (secondary N) is 2. The van der Waals surface area contributed by atoms with Gasteiger partial charge in [0.15, 0.2) is 0 Å². The zero-order valence-electron chi connectivity index (χ0n) is 25.0. The van der Waals surface area contributed by atoms with E-state index < -0.39 is 10.0 Å². The Morgan fingerprint density at radius 3 is 2.07 bits per heavy atom. The molecule has 0 radical (unpaired) electrons. The molecule has 0 bridgehead atoms. The van der Waals surface area contributed by atoms with Crippen LogP contribution < -0.4 is 24.6 Å². The van der Waals surface area contributed by atoms with Crippen molar-refractivity contribution in [3.05, 3.63) is 96.6 Å². The molecule has 0 saturated carbocycles. The second-order valence-corrected chi connectivity index (χ2v) is 11.9. The smallest absolute Gasteiger partial charge is 0.326 e. The number of hydrogen-bond donors (Lipinski definition) is 2. The minimum Gasteiger partial charge on any atom is -0.495 e. The Morgan fingerprint density at radius 2 is 1.37 bits per heavy atom. The van der Waals surface area contributed by atoms with Gasteiger partial charge in [0.25, 0.3) is 15.9 Å². The lowest BCUT2D eigenvalue weighted by Gasteiger charge is -2.21. The van der Waals surface area contributed by atoms with Gasteiger partial charge in [0.05, 0.1) is 12.8 Å². The molecule has 0 spiro atoms. The molecule has 0 atom stereocenters. The molecule has 0 aliphatic heterocycles. The second kappa shape index (κ2) is 12.9. The summed E-state index contributed by atoms with van der Waals surface area (Å²) in [5, 5.41) is 2.81. The van der Waals surface area contributed by atoms with Crippen molar-refractivity contribution in [1.82, 2.24) is 4.90 Å². The van der Waals surface area contributed by atoms with Crippen molar-refractivity contribution >= 4 is 44.7 Å². The highest BCUT2D eigenvalue weighted by Gasteiger charge is 2.22. The normalized spacial score (nSPS) is 10.9. The molecule has 11 heteroatoms. The Balaban J connectivity index is 1.57. The van der Waals surface area contributed by atoms with E-state index in [1.165, 1.54) is 29.0 Å². The van der Waals surface area contributed by atoms with Gasteiger partial charge in [0.2, 0.25) is 0 Å². The van der Waals surface area contributed by atoms with Gasteiger partial charge >= 0.3 is 6.03 Å². The number of methoxy groups -OCH3 is 1. The zero-order chi connectivity index (χ0) is 31.3. The third-order valence-corrected chi connectivity index (χ3v) is 8.11. The lowest BCUT2D eigenvalue weighted by Crippen LogP contribution is -2.31. The lowest BCUT2D eigenvalue weighted by atomic mass is 10.0. The molecule has 4 rings (SSSR count). The molecular weight excluding hydrogens is 566 g/mol. The maximum absolute atomic E-state index is 13.6. The number of sulfonamides is 1. The first-order chi connectivity index (χ1) is 20.4. The standard InChI is InChI=1S/C32H35N5O5S/c1-35(2)27-14-9-15-28(21-27)37(5)32(39)33-25-12-8-13-26(20-25)34-43(40,41)30-19-23(16-17-29(30)42-6)22-10-7-11-24(18-22)31(38)36(3)4/h7-21,34H,1-6H3,(H,33,39). The number of anilines is 4. The highest BCUT2D eigenvalue weighted by Crippen LogP contribution is 2.32. The van der Waals surface area contributed by atoms with Crippen LogP contribution in [0.4, 0.5) is 27.5 Å². The fourth-order valence-corrected chi connectivity index (χ4v) is 5.58. The highest BCUT2D eigenvalue weighted by molar-refractivity contribution is 7.92. The summed E-state index contributed by atoms with van der Waals surface area (Å²) in [4.78, 5) is 30.3. The molecule has 0 aliphatic rings. The number of nitrogens with zero attached hydrogens (tertiary/aromatic N) is 3. The molecule has 0 saturated heterocycles. The molecule has 0 fully saturated rings. The number of ether oxygens (including phenoxy) is 1. The molecule has 0 unspecified atom stereocenters. The third-order valence-electron chi connectivity index (χ3n) is 6.71. The van der Waals surface area contributed by atoms with Gasteiger partial charge in [0, 0.05) is 57.9 Å². The number of rotatable bonds is 9. The molecule has 3 amide bonds. The minimum atomic E-state index is -4.12. The van der Waals surface area contributed by atoms with Gasteiger partial charge in [-0.1, -0.05) is 30.3 Å². The summed E-state index contributed by atoms with van der Waals surface area (Å²) in [6.45, 7) is 0. The average molecular weight is 602 g/mol. The highest BCUT2D eigenvalue weighted by atomic mass is 32.2. The Hall–Kier alpha value is -5.03. The summed E-state index contributed by atoms with van der Waals surface area (Å²) < 4.78 is 35.1. The van der Waals surface area contributed by atoms with Gasteiger partial charge in [-0.25, -0.2) is 13.2 Å². The maximum atomic E-state index is 13.6. The van der Waals surface area contributed by atoms with Crippen molar-refractivity contribution in [3.8, 4) is 16.9 Å². The van der Waals surface area contributed by atoms with Gasteiger partial charge < -0.3 is 19.9 Å². The molecule has 0 heterocycles. The van der Waals surface area contributed by atoms with Crippen molar-refractivity contribution in [3.63, 3.8) is 0 Å². The van der Waals surface area contributed by atoms with Crippen LogP contribution >= 0.6 is 0 Å². The molecule has 0 aliphatic carbocycles. The molecule has 43 heavy (non-hydrogen) atoms. The van der Waals surface area contributed by atoms with Gasteiger partial charge in [-0.2, -0.15) is 0 Å². The van der Waals surface area contributed by atoms with Crippen LogP contribution in [-0.4, -0.2) is 67.6 Å². The van der Waals surface area contributed by atoms with Crippen LogP contribution in [0.25, 0.3) is 11.1 Å². The average Bonchev–Trinajstić information content (AvgIpc) is 2.99. The van der Waals surface area contributed by atoms with Crippen molar-refractivity contribution in [2.24, 2.45) is 0 Å².